The van der Waals surface area contributed by atoms with E-state index in [0.717, 1.165) is 22.0 Å². The molecule has 1 heterocycles. The van der Waals surface area contributed by atoms with E-state index >= 15 is 0 Å². The third kappa shape index (κ3) is 3.65. The van der Waals surface area contributed by atoms with Gasteiger partial charge in [0.15, 0.2) is 11.5 Å². The first-order valence-electron chi connectivity index (χ1n) is 9.28. The smallest absolute Gasteiger partial charge is 0.255 e. The van der Waals surface area contributed by atoms with Gasteiger partial charge >= 0.3 is 0 Å². The molecule has 4 rings (SSSR count). The van der Waals surface area contributed by atoms with E-state index < -0.39 is 0 Å². The standard InChI is InChI=1S/C23H21N3O4/c1-28-20-11-16(12-21(29-2)22(20)30-3)14-5-4-6-18(10-14)25-23(27)15-7-8-19-17(9-15)13-24-26-19/h4-13H,1-3H3,(H,24,26)(H,25,27). The van der Waals surface area contributed by atoms with Crippen molar-refractivity contribution in [3.8, 4) is 28.4 Å². The van der Waals surface area contributed by atoms with Crippen LogP contribution in [-0.2, 0) is 0 Å². The predicted octanol–water partition coefficient (Wildman–Crippen LogP) is 4.51. The number of amides is 1. The van der Waals surface area contributed by atoms with Crippen molar-refractivity contribution in [3.63, 3.8) is 0 Å². The normalized spacial score (nSPS) is 10.6. The van der Waals surface area contributed by atoms with Gasteiger partial charge in [-0.25, -0.2) is 0 Å². The fourth-order valence-electron chi connectivity index (χ4n) is 3.31. The molecule has 0 bridgehead atoms. The summed E-state index contributed by atoms with van der Waals surface area (Å²) in [5.74, 6) is 1.47. The first-order chi connectivity index (χ1) is 14.6. The molecule has 0 unspecified atom stereocenters. The zero-order valence-electron chi connectivity index (χ0n) is 16.9. The molecule has 152 valence electrons. The van der Waals surface area contributed by atoms with Crippen molar-refractivity contribution in [1.29, 1.82) is 0 Å². The molecule has 3 aromatic carbocycles. The molecule has 0 radical (unpaired) electrons. The van der Waals surface area contributed by atoms with Crippen LogP contribution in [0.5, 0.6) is 17.2 Å². The Balaban J connectivity index is 1.63. The lowest BCUT2D eigenvalue weighted by Crippen LogP contribution is -2.11. The van der Waals surface area contributed by atoms with E-state index in [0.29, 0.717) is 28.5 Å². The summed E-state index contributed by atoms with van der Waals surface area (Å²) in [6, 6.07) is 16.7. The van der Waals surface area contributed by atoms with E-state index in [1.165, 1.54) is 0 Å². The number of nitrogens with zero attached hydrogens (tertiary/aromatic N) is 1. The van der Waals surface area contributed by atoms with E-state index in [9.17, 15) is 4.79 Å². The number of benzene rings is 3. The van der Waals surface area contributed by atoms with E-state index in [-0.39, 0.29) is 5.91 Å². The number of carbonyl (C=O) groups excluding carboxylic acids is 1. The molecule has 0 aliphatic rings. The first-order valence-corrected chi connectivity index (χ1v) is 9.28. The number of hydrogen-bond acceptors (Lipinski definition) is 5. The van der Waals surface area contributed by atoms with Gasteiger partial charge in [0.1, 0.15) is 0 Å². The van der Waals surface area contributed by atoms with Gasteiger partial charge in [0.2, 0.25) is 5.75 Å². The summed E-state index contributed by atoms with van der Waals surface area (Å²) < 4.78 is 16.3. The maximum absolute atomic E-state index is 12.7. The van der Waals surface area contributed by atoms with Gasteiger partial charge in [0.05, 0.1) is 33.0 Å². The van der Waals surface area contributed by atoms with Gasteiger partial charge in [-0.2, -0.15) is 5.10 Å². The molecule has 0 saturated carbocycles. The zero-order valence-corrected chi connectivity index (χ0v) is 16.9. The quantitative estimate of drug-likeness (QED) is 0.495. The van der Waals surface area contributed by atoms with Gasteiger partial charge < -0.3 is 19.5 Å². The van der Waals surface area contributed by atoms with Crippen LogP contribution in [0.4, 0.5) is 5.69 Å². The Hall–Kier alpha value is -4.00. The summed E-state index contributed by atoms with van der Waals surface area (Å²) in [7, 11) is 4.72. The van der Waals surface area contributed by atoms with Crippen molar-refractivity contribution in [2.45, 2.75) is 0 Å². The lowest BCUT2D eigenvalue weighted by atomic mass is 10.0. The molecular formula is C23H21N3O4. The number of nitrogens with one attached hydrogen (secondary N) is 2. The Morgan fingerprint density at radius 1 is 0.900 bits per heavy atom. The van der Waals surface area contributed by atoms with Gasteiger partial charge in [-0.3, -0.25) is 9.89 Å². The number of methoxy groups -OCH3 is 3. The number of fused-ring (bicyclic) bond motifs is 1. The fourth-order valence-corrected chi connectivity index (χ4v) is 3.31. The highest BCUT2D eigenvalue weighted by molar-refractivity contribution is 6.06. The topological polar surface area (TPSA) is 85.5 Å². The monoisotopic (exact) mass is 403 g/mol. The molecule has 1 aromatic heterocycles. The van der Waals surface area contributed by atoms with Crippen LogP contribution in [0.3, 0.4) is 0 Å². The third-order valence-electron chi connectivity index (χ3n) is 4.82. The summed E-state index contributed by atoms with van der Waals surface area (Å²) in [4.78, 5) is 12.7. The molecular weight excluding hydrogens is 382 g/mol. The molecule has 0 saturated heterocycles. The summed E-state index contributed by atoms with van der Waals surface area (Å²) >= 11 is 0. The number of anilines is 1. The molecule has 30 heavy (non-hydrogen) atoms. The van der Waals surface area contributed by atoms with Gasteiger partial charge in [-0.05, 0) is 53.6 Å². The summed E-state index contributed by atoms with van der Waals surface area (Å²) in [6.45, 7) is 0. The van der Waals surface area contributed by atoms with Crippen molar-refractivity contribution in [2.24, 2.45) is 0 Å². The lowest BCUT2D eigenvalue weighted by molar-refractivity contribution is 0.102. The second-order valence-corrected chi connectivity index (χ2v) is 6.62. The third-order valence-corrected chi connectivity index (χ3v) is 4.82. The maximum Gasteiger partial charge on any atom is 0.255 e. The Morgan fingerprint density at radius 3 is 2.37 bits per heavy atom. The van der Waals surface area contributed by atoms with Crippen molar-refractivity contribution < 1.29 is 19.0 Å². The minimum atomic E-state index is -0.194. The molecule has 1 amide bonds. The number of H-pyrrole nitrogens is 1. The number of carbonyl (C=O) groups is 1. The van der Waals surface area contributed by atoms with Crippen molar-refractivity contribution in [3.05, 3.63) is 66.4 Å². The molecule has 0 fully saturated rings. The highest BCUT2D eigenvalue weighted by Crippen LogP contribution is 2.41. The predicted molar refractivity (Wildman–Crippen MR) is 116 cm³/mol. The van der Waals surface area contributed by atoms with Crippen LogP contribution >= 0.6 is 0 Å². The second-order valence-electron chi connectivity index (χ2n) is 6.62. The minimum absolute atomic E-state index is 0.194. The highest BCUT2D eigenvalue weighted by Gasteiger charge is 2.15. The highest BCUT2D eigenvalue weighted by atomic mass is 16.5. The number of ether oxygens (including phenoxy) is 3. The van der Waals surface area contributed by atoms with Crippen LogP contribution < -0.4 is 19.5 Å². The minimum Gasteiger partial charge on any atom is -0.493 e. The second kappa shape index (κ2) is 8.16. The van der Waals surface area contributed by atoms with Crippen LogP contribution in [-0.4, -0.2) is 37.4 Å². The SMILES string of the molecule is COc1cc(-c2cccc(NC(=O)c3ccc4[nH]ncc4c3)c2)cc(OC)c1OC. The Kier molecular flexibility index (Phi) is 5.26. The molecule has 0 aliphatic carbocycles. The van der Waals surface area contributed by atoms with Gasteiger partial charge in [0.25, 0.3) is 5.91 Å². The average molecular weight is 403 g/mol. The molecule has 0 spiro atoms. The van der Waals surface area contributed by atoms with Gasteiger partial charge in [-0.1, -0.05) is 12.1 Å². The molecule has 7 nitrogen and oxygen atoms in total. The molecule has 0 atom stereocenters. The number of aromatic amines is 1. The first kappa shape index (κ1) is 19.3. The number of hydrogen-bond donors (Lipinski definition) is 2. The fraction of sp³-hybridized carbons (Fsp3) is 0.130. The van der Waals surface area contributed by atoms with E-state index in [4.69, 9.17) is 14.2 Å². The van der Waals surface area contributed by atoms with Gasteiger partial charge in [0, 0.05) is 16.6 Å². The zero-order chi connectivity index (χ0) is 21.1. The van der Waals surface area contributed by atoms with Crippen LogP contribution in [0.15, 0.2) is 60.8 Å². The van der Waals surface area contributed by atoms with Gasteiger partial charge in [-0.15, -0.1) is 0 Å². The Labute approximate surface area is 173 Å². The molecule has 7 heteroatoms. The molecule has 0 aliphatic heterocycles. The van der Waals surface area contributed by atoms with E-state index in [2.05, 4.69) is 15.5 Å². The maximum atomic E-state index is 12.7. The number of rotatable bonds is 6. The lowest BCUT2D eigenvalue weighted by Gasteiger charge is -2.15. The van der Waals surface area contributed by atoms with Crippen molar-refractivity contribution in [2.75, 3.05) is 26.6 Å². The van der Waals surface area contributed by atoms with Crippen LogP contribution in [0, 0.1) is 0 Å². The molecule has 2 N–H and O–H groups in total. The molecule has 4 aromatic rings. The summed E-state index contributed by atoms with van der Waals surface area (Å²) in [5.41, 5.74) is 3.90. The Bertz CT molecular complexity index is 1190. The van der Waals surface area contributed by atoms with Crippen LogP contribution in [0.1, 0.15) is 10.4 Å². The number of aromatic nitrogens is 2. The largest absolute Gasteiger partial charge is 0.493 e. The van der Waals surface area contributed by atoms with Crippen molar-refractivity contribution >= 4 is 22.5 Å². The average Bonchev–Trinajstić information content (AvgIpc) is 3.26. The summed E-state index contributed by atoms with van der Waals surface area (Å²) in [6.07, 6.45) is 1.69. The van der Waals surface area contributed by atoms with Crippen molar-refractivity contribution in [1.82, 2.24) is 10.2 Å². The van der Waals surface area contributed by atoms with Crippen LogP contribution in [0.25, 0.3) is 22.0 Å². The summed E-state index contributed by atoms with van der Waals surface area (Å²) in [5, 5.41) is 10.7. The van der Waals surface area contributed by atoms with E-state index in [1.807, 2.05) is 42.5 Å². The van der Waals surface area contributed by atoms with Crippen LogP contribution in [0.2, 0.25) is 0 Å². The Morgan fingerprint density at radius 2 is 1.67 bits per heavy atom. The van der Waals surface area contributed by atoms with E-state index in [1.54, 1.807) is 39.7 Å².